The van der Waals surface area contributed by atoms with Crippen molar-refractivity contribution in [3.8, 4) is 0 Å². The van der Waals surface area contributed by atoms with Crippen LogP contribution in [-0.4, -0.2) is 23.1 Å². The molecule has 86 valence electrons. The largest absolute Gasteiger partial charge is 0.481 e. The maximum atomic E-state index is 11.2. The van der Waals surface area contributed by atoms with Gasteiger partial charge in [0, 0.05) is 12.5 Å². The normalized spacial score (nSPS) is 10.9. The second-order valence-electron chi connectivity index (χ2n) is 3.21. The lowest BCUT2D eigenvalue weighted by Gasteiger charge is -2.11. The minimum Gasteiger partial charge on any atom is -0.481 e. The Balaban J connectivity index is 3.77. The zero-order valence-electron chi connectivity index (χ0n) is 9.23. The molecular weight excluding hydrogens is 196 g/mol. The first kappa shape index (κ1) is 13.7. The average Bonchev–Trinajstić information content (AvgIpc) is 2.20. The minimum absolute atomic E-state index is 0.0365. The summed E-state index contributed by atoms with van der Waals surface area (Å²) in [4.78, 5) is 21.3. The Morgan fingerprint density at radius 1 is 1.33 bits per heavy atom. The van der Waals surface area contributed by atoms with Gasteiger partial charge in [-0.2, -0.15) is 0 Å². The molecule has 0 aliphatic carbocycles. The second-order valence-corrected chi connectivity index (χ2v) is 3.21. The smallest absolute Gasteiger partial charge is 0.330 e. The van der Waals surface area contributed by atoms with Crippen LogP contribution in [0.5, 0.6) is 0 Å². The Hall–Kier alpha value is -1.32. The van der Waals surface area contributed by atoms with Gasteiger partial charge in [-0.1, -0.05) is 19.9 Å². The van der Waals surface area contributed by atoms with E-state index in [2.05, 4.69) is 0 Å². The zero-order valence-corrected chi connectivity index (χ0v) is 9.23. The first-order chi connectivity index (χ1) is 7.10. The van der Waals surface area contributed by atoms with E-state index in [9.17, 15) is 9.59 Å². The third kappa shape index (κ3) is 7.73. The third-order valence-corrected chi connectivity index (χ3v) is 1.97. The van der Waals surface area contributed by atoms with E-state index in [-0.39, 0.29) is 12.5 Å². The fraction of sp³-hybridized carbons (Fsp3) is 0.636. The summed E-state index contributed by atoms with van der Waals surface area (Å²) in [5, 5.41) is 8.35. The number of aliphatic carboxylic acids is 1. The number of ether oxygens (including phenoxy) is 1. The lowest BCUT2D eigenvalue weighted by molar-refractivity contribution is -0.143. The van der Waals surface area contributed by atoms with Crippen molar-refractivity contribution in [1.29, 1.82) is 0 Å². The van der Waals surface area contributed by atoms with Crippen LogP contribution in [0, 0.1) is 0 Å². The first-order valence-corrected chi connectivity index (χ1v) is 5.19. The van der Waals surface area contributed by atoms with Crippen molar-refractivity contribution >= 4 is 11.9 Å². The summed E-state index contributed by atoms with van der Waals surface area (Å²) in [6, 6.07) is 0. The van der Waals surface area contributed by atoms with E-state index in [0.29, 0.717) is 6.42 Å². The molecule has 0 heterocycles. The van der Waals surface area contributed by atoms with Crippen molar-refractivity contribution < 1.29 is 19.4 Å². The van der Waals surface area contributed by atoms with Crippen LogP contribution in [-0.2, 0) is 14.3 Å². The number of allylic oxidation sites excluding steroid dienone is 1. The minimum atomic E-state index is -0.868. The highest BCUT2D eigenvalue weighted by Gasteiger charge is 2.06. The Kier molecular flexibility index (Phi) is 7.32. The Labute approximate surface area is 89.9 Å². The van der Waals surface area contributed by atoms with Gasteiger partial charge in [-0.15, -0.1) is 0 Å². The van der Waals surface area contributed by atoms with Crippen molar-refractivity contribution in [3.05, 3.63) is 12.2 Å². The zero-order chi connectivity index (χ0) is 11.7. The lowest BCUT2D eigenvalue weighted by Crippen LogP contribution is -2.14. The molecule has 1 N–H and O–H groups in total. The van der Waals surface area contributed by atoms with Gasteiger partial charge >= 0.3 is 11.9 Å². The molecule has 0 aliphatic rings. The summed E-state index contributed by atoms with van der Waals surface area (Å²) >= 11 is 0. The predicted octanol–water partition coefficient (Wildman–Crippen LogP) is 2.14. The molecule has 0 aliphatic heterocycles. The van der Waals surface area contributed by atoms with E-state index in [4.69, 9.17) is 9.84 Å². The molecular formula is C11H18O4. The fourth-order valence-corrected chi connectivity index (χ4v) is 1.05. The summed E-state index contributed by atoms with van der Waals surface area (Å²) in [5.74, 6) is -1.26. The molecule has 0 saturated heterocycles. The van der Waals surface area contributed by atoms with Gasteiger partial charge in [0.25, 0.3) is 0 Å². The Morgan fingerprint density at radius 2 is 1.93 bits per heavy atom. The molecule has 0 aromatic carbocycles. The van der Waals surface area contributed by atoms with E-state index in [1.165, 1.54) is 12.2 Å². The number of carboxylic acids is 1. The fourth-order valence-electron chi connectivity index (χ4n) is 1.05. The van der Waals surface area contributed by atoms with E-state index < -0.39 is 11.9 Å². The molecule has 15 heavy (non-hydrogen) atoms. The van der Waals surface area contributed by atoms with Crippen LogP contribution in [0.1, 0.15) is 39.5 Å². The van der Waals surface area contributed by atoms with Crippen LogP contribution < -0.4 is 0 Å². The SMILES string of the molecule is CCC(CC)OC(=O)C=CCCC(=O)O. The number of carbonyl (C=O) groups is 2. The molecule has 0 rings (SSSR count). The summed E-state index contributed by atoms with van der Waals surface area (Å²) < 4.78 is 5.08. The van der Waals surface area contributed by atoms with Crippen molar-refractivity contribution in [2.45, 2.75) is 45.6 Å². The van der Waals surface area contributed by atoms with Crippen LogP contribution in [0.15, 0.2) is 12.2 Å². The number of carboxylic acid groups (broad SMARTS) is 1. The molecule has 0 bridgehead atoms. The molecule has 0 amide bonds. The molecule has 0 saturated carbocycles. The monoisotopic (exact) mass is 214 g/mol. The lowest BCUT2D eigenvalue weighted by atomic mass is 10.2. The van der Waals surface area contributed by atoms with Crippen LogP contribution in [0.25, 0.3) is 0 Å². The van der Waals surface area contributed by atoms with E-state index in [1.54, 1.807) is 0 Å². The summed E-state index contributed by atoms with van der Waals surface area (Å²) in [7, 11) is 0. The highest BCUT2D eigenvalue weighted by Crippen LogP contribution is 2.03. The average molecular weight is 214 g/mol. The second kappa shape index (κ2) is 8.03. The maximum absolute atomic E-state index is 11.2. The van der Waals surface area contributed by atoms with Gasteiger partial charge in [0.15, 0.2) is 0 Å². The van der Waals surface area contributed by atoms with Crippen LogP contribution >= 0.6 is 0 Å². The Bertz CT molecular complexity index is 229. The maximum Gasteiger partial charge on any atom is 0.330 e. The van der Waals surface area contributed by atoms with Gasteiger partial charge in [-0.05, 0) is 19.3 Å². The molecule has 0 unspecified atom stereocenters. The molecule has 0 atom stereocenters. The van der Waals surface area contributed by atoms with Crippen LogP contribution in [0.4, 0.5) is 0 Å². The van der Waals surface area contributed by atoms with Gasteiger partial charge < -0.3 is 9.84 Å². The molecule has 0 fully saturated rings. The molecule has 0 radical (unpaired) electrons. The van der Waals surface area contributed by atoms with E-state index in [1.807, 2.05) is 13.8 Å². The Morgan fingerprint density at radius 3 is 2.40 bits per heavy atom. The van der Waals surface area contributed by atoms with Crippen molar-refractivity contribution in [3.63, 3.8) is 0 Å². The summed E-state index contributed by atoms with van der Waals surface area (Å²) in [6.07, 6.45) is 4.76. The standard InChI is InChI=1S/C11H18O4/c1-3-9(4-2)15-11(14)8-6-5-7-10(12)13/h6,8-9H,3-5,7H2,1-2H3,(H,12,13). The van der Waals surface area contributed by atoms with Gasteiger partial charge in [-0.25, -0.2) is 4.79 Å². The highest BCUT2D eigenvalue weighted by atomic mass is 16.5. The molecule has 0 aromatic heterocycles. The number of hydrogen-bond donors (Lipinski definition) is 1. The first-order valence-electron chi connectivity index (χ1n) is 5.19. The van der Waals surface area contributed by atoms with Gasteiger partial charge in [0.1, 0.15) is 6.10 Å². The number of esters is 1. The van der Waals surface area contributed by atoms with Crippen LogP contribution in [0.2, 0.25) is 0 Å². The van der Waals surface area contributed by atoms with E-state index >= 15 is 0 Å². The number of rotatable bonds is 7. The quantitative estimate of drug-likeness (QED) is 0.521. The van der Waals surface area contributed by atoms with Crippen molar-refractivity contribution in [2.24, 2.45) is 0 Å². The number of carbonyl (C=O) groups excluding carboxylic acids is 1. The molecule has 0 aromatic rings. The van der Waals surface area contributed by atoms with Gasteiger partial charge in [0.05, 0.1) is 0 Å². The third-order valence-electron chi connectivity index (χ3n) is 1.97. The molecule has 4 heteroatoms. The van der Waals surface area contributed by atoms with Crippen molar-refractivity contribution in [2.75, 3.05) is 0 Å². The highest BCUT2D eigenvalue weighted by molar-refractivity contribution is 5.82. The molecule has 0 spiro atoms. The van der Waals surface area contributed by atoms with Crippen molar-refractivity contribution in [1.82, 2.24) is 0 Å². The van der Waals surface area contributed by atoms with E-state index in [0.717, 1.165) is 12.8 Å². The number of hydrogen-bond acceptors (Lipinski definition) is 3. The van der Waals surface area contributed by atoms with Crippen LogP contribution in [0.3, 0.4) is 0 Å². The summed E-state index contributed by atoms with van der Waals surface area (Å²) in [5.41, 5.74) is 0. The molecule has 4 nitrogen and oxygen atoms in total. The summed E-state index contributed by atoms with van der Waals surface area (Å²) in [6.45, 7) is 3.91. The van der Waals surface area contributed by atoms with Gasteiger partial charge in [-0.3, -0.25) is 4.79 Å². The predicted molar refractivity (Wildman–Crippen MR) is 56.5 cm³/mol. The van der Waals surface area contributed by atoms with Gasteiger partial charge in [0.2, 0.25) is 0 Å². The topological polar surface area (TPSA) is 63.6 Å².